The maximum Gasteiger partial charge on any atom is 0.248 e. The van der Waals surface area contributed by atoms with E-state index in [0.717, 1.165) is 16.8 Å². The number of hydrogen-bond acceptors (Lipinski definition) is 3. The molecule has 1 N–H and O–H groups in total. The van der Waals surface area contributed by atoms with Gasteiger partial charge in [-0.3, -0.25) is 14.3 Å². The van der Waals surface area contributed by atoms with E-state index < -0.39 is 0 Å². The molecule has 1 aromatic carbocycles. The number of amides is 1. The molecule has 0 aliphatic carbocycles. The van der Waals surface area contributed by atoms with Gasteiger partial charge in [-0.25, -0.2) is 0 Å². The highest BCUT2D eigenvalue weighted by Gasteiger charge is 2.11. The Balaban J connectivity index is 2.18. The molecule has 0 fully saturated rings. The van der Waals surface area contributed by atoms with Crippen molar-refractivity contribution in [3.8, 4) is 0 Å². The van der Waals surface area contributed by atoms with E-state index in [1.54, 1.807) is 23.0 Å². The number of rotatable bonds is 4. The standard InChI is InChI=1S/C17H19N3O2/c1-11-6-5-7-15(17(11)13(3)21)19-16(22)9-8-14-10-18-20(4)12(14)2/h5-10H,1-4H3,(H,19,22)/b9-8+. The summed E-state index contributed by atoms with van der Waals surface area (Å²) < 4.78 is 1.74. The maximum atomic E-state index is 12.1. The molecule has 0 saturated carbocycles. The molecular weight excluding hydrogens is 278 g/mol. The lowest BCUT2D eigenvalue weighted by Gasteiger charge is -2.10. The van der Waals surface area contributed by atoms with Crippen molar-refractivity contribution in [3.63, 3.8) is 0 Å². The first kappa shape index (κ1) is 15.7. The van der Waals surface area contributed by atoms with Crippen molar-refractivity contribution in [3.05, 3.63) is 52.9 Å². The number of carbonyl (C=O) groups excluding carboxylic acids is 2. The summed E-state index contributed by atoms with van der Waals surface area (Å²) in [5.41, 5.74) is 3.78. The van der Waals surface area contributed by atoms with E-state index in [0.29, 0.717) is 11.3 Å². The van der Waals surface area contributed by atoms with Gasteiger partial charge in [0, 0.05) is 29.9 Å². The molecule has 22 heavy (non-hydrogen) atoms. The van der Waals surface area contributed by atoms with Crippen LogP contribution in [0.2, 0.25) is 0 Å². The van der Waals surface area contributed by atoms with Crippen LogP contribution in [0.5, 0.6) is 0 Å². The van der Waals surface area contributed by atoms with Gasteiger partial charge in [-0.05, 0) is 38.5 Å². The van der Waals surface area contributed by atoms with Crippen LogP contribution in [0.3, 0.4) is 0 Å². The van der Waals surface area contributed by atoms with Crippen LogP contribution in [0.1, 0.15) is 34.1 Å². The third-order valence-corrected chi connectivity index (χ3v) is 3.57. The highest BCUT2D eigenvalue weighted by molar-refractivity contribution is 6.08. The zero-order valence-electron chi connectivity index (χ0n) is 13.2. The first-order valence-corrected chi connectivity index (χ1v) is 6.98. The molecule has 5 heteroatoms. The molecule has 114 valence electrons. The van der Waals surface area contributed by atoms with Gasteiger partial charge in [0.2, 0.25) is 5.91 Å². The second-order valence-corrected chi connectivity index (χ2v) is 5.19. The van der Waals surface area contributed by atoms with Gasteiger partial charge >= 0.3 is 0 Å². The lowest BCUT2D eigenvalue weighted by molar-refractivity contribution is -0.111. The van der Waals surface area contributed by atoms with E-state index in [4.69, 9.17) is 0 Å². The van der Waals surface area contributed by atoms with Gasteiger partial charge in [-0.15, -0.1) is 0 Å². The Morgan fingerprint density at radius 3 is 2.59 bits per heavy atom. The molecule has 0 bridgehead atoms. The molecule has 2 rings (SSSR count). The zero-order valence-corrected chi connectivity index (χ0v) is 13.2. The van der Waals surface area contributed by atoms with Crippen LogP contribution in [0.25, 0.3) is 6.08 Å². The molecule has 5 nitrogen and oxygen atoms in total. The molecule has 1 amide bonds. The largest absolute Gasteiger partial charge is 0.322 e. The third-order valence-electron chi connectivity index (χ3n) is 3.57. The number of nitrogens with zero attached hydrogens (tertiary/aromatic N) is 2. The summed E-state index contributed by atoms with van der Waals surface area (Å²) in [7, 11) is 1.85. The first-order valence-electron chi connectivity index (χ1n) is 6.98. The fourth-order valence-corrected chi connectivity index (χ4v) is 2.26. The maximum absolute atomic E-state index is 12.1. The summed E-state index contributed by atoms with van der Waals surface area (Å²) in [6.45, 7) is 5.27. The molecule has 0 radical (unpaired) electrons. The normalized spacial score (nSPS) is 10.9. The highest BCUT2D eigenvalue weighted by atomic mass is 16.1. The third kappa shape index (κ3) is 3.31. The van der Waals surface area contributed by atoms with Gasteiger partial charge < -0.3 is 5.32 Å². The Labute approximate surface area is 129 Å². The van der Waals surface area contributed by atoms with Crippen molar-refractivity contribution >= 4 is 23.5 Å². The molecule has 0 saturated heterocycles. The summed E-state index contributed by atoms with van der Waals surface area (Å²) in [5, 5.41) is 6.87. The molecule has 1 heterocycles. The zero-order chi connectivity index (χ0) is 16.3. The van der Waals surface area contributed by atoms with E-state index in [9.17, 15) is 9.59 Å². The minimum absolute atomic E-state index is 0.0690. The lowest BCUT2D eigenvalue weighted by Crippen LogP contribution is -2.12. The average Bonchev–Trinajstić information content (AvgIpc) is 2.76. The molecule has 0 aliphatic heterocycles. The molecule has 0 spiro atoms. The minimum Gasteiger partial charge on any atom is -0.322 e. The molecular formula is C17H19N3O2. The van der Waals surface area contributed by atoms with Gasteiger partial charge in [-0.1, -0.05) is 12.1 Å². The Bertz CT molecular complexity index is 757. The monoisotopic (exact) mass is 297 g/mol. The van der Waals surface area contributed by atoms with Crippen LogP contribution >= 0.6 is 0 Å². The van der Waals surface area contributed by atoms with Gasteiger partial charge in [0.15, 0.2) is 5.78 Å². The summed E-state index contributed by atoms with van der Waals surface area (Å²) in [4.78, 5) is 23.8. The van der Waals surface area contributed by atoms with Gasteiger partial charge in [0.05, 0.1) is 11.9 Å². The molecule has 0 atom stereocenters. The number of anilines is 1. The van der Waals surface area contributed by atoms with Crippen molar-refractivity contribution in [2.75, 3.05) is 5.32 Å². The van der Waals surface area contributed by atoms with Crippen molar-refractivity contribution < 1.29 is 9.59 Å². The van der Waals surface area contributed by atoms with Gasteiger partial charge in [0.25, 0.3) is 0 Å². The minimum atomic E-state index is -0.281. The van der Waals surface area contributed by atoms with E-state index in [2.05, 4.69) is 10.4 Å². The molecule has 0 unspecified atom stereocenters. The summed E-state index contributed by atoms with van der Waals surface area (Å²) in [6, 6.07) is 5.39. The number of Topliss-reactive ketones (excluding diaryl/α,β-unsaturated/α-hetero) is 1. The van der Waals surface area contributed by atoms with Crippen molar-refractivity contribution in [2.24, 2.45) is 7.05 Å². The quantitative estimate of drug-likeness (QED) is 0.697. The molecule has 2 aromatic rings. The van der Waals surface area contributed by atoms with E-state index in [-0.39, 0.29) is 11.7 Å². The van der Waals surface area contributed by atoms with Crippen LogP contribution < -0.4 is 5.32 Å². The second-order valence-electron chi connectivity index (χ2n) is 5.19. The number of hydrogen-bond donors (Lipinski definition) is 1. The van der Waals surface area contributed by atoms with Crippen molar-refractivity contribution in [1.29, 1.82) is 0 Å². The Hall–Kier alpha value is -2.69. The van der Waals surface area contributed by atoms with E-state index >= 15 is 0 Å². The SMILES string of the molecule is CC(=O)c1c(C)cccc1NC(=O)/C=C/c1cnn(C)c1C. The van der Waals surface area contributed by atoms with Crippen LogP contribution in [-0.4, -0.2) is 21.5 Å². The second kappa shape index (κ2) is 6.39. The van der Waals surface area contributed by atoms with Crippen molar-refractivity contribution in [2.45, 2.75) is 20.8 Å². The fourth-order valence-electron chi connectivity index (χ4n) is 2.26. The number of aromatic nitrogens is 2. The predicted molar refractivity (Wildman–Crippen MR) is 86.8 cm³/mol. The van der Waals surface area contributed by atoms with Crippen LogP contribution in [0, 0.1) is 13.8 Å². The molecule has 1 aromatic heterocycles. The number of nitrogens with one attached hydrogen (secondary N) is 1. The highest BCUT2D eigenvalue weighted by Crippen LogP contribution is 2.20. The number of carbonyl (C=O) groups is 2. The Morgan fingerprint density at radius 2 is 2.00 bits per heavy atom. The Kier molecular flexibility index (Phi) is 4.56. The molecule has 0 aliphatic rings. The summed E-state index contributed by atoms with van der Waals surface area (Å²) in [5.74, 6) is -0.350. The predicted octanol–water partition coefficient (Wildman–Crippen LogP) is 2.89. The van der Waals surface area contributed by atoms with Crippen LogP contribution in [0.15, 0.2) is 30.5 Å². The summed E-state index contributed by atoms with van der Waals surface area (Å²) in [6.07, 6.45) is 4.85. The van der Waals surface area contributed by atoms with Gasteiger partial charge in [0.1, 0.15) is 0 Å². The smallest absolute Gasteiger partial charge is 0.248 e. The number of ketones is 1. The Morgan fingerprint density at radius 1 is 1.27 bits per heavy atom. The van der Waals surface area contributed by atoms with E-state index in [1.807, 2.05) is 33.0 Å². The van der Waals surface area contributed by atoms with E-state index in [1.165, 1.54) is 13.0 Å². The van der Waals surface area contributed by atoms with Crippen LogP contribution in [0.4, 0.5) is 5.69 Å². The lowest BCUT2D eigenvalue weighted by atomic mass is 10.0. The van der Waals surface area contributed by atoms with Crippen LogP contribution in [-0.2, 0) is 11.8 Å². The first-order chi connectivity index (χ1) is 10.4. The summed E-state index contributed by atoms with van der Waals surface area (Å²) >= 11 is 0. The topological polar surface area (TPSA) is 64.0 Å². The average molecular weight is 297 g/mol. The fraction of sp³-hybridized carbons (Fsp3) is 0.235. The van der Waals surface area contributed by atoms with Crippen molar-refractivity contribution in [1.82, 2.24) is 9.78 Å². The number of aryl methyl sites for hydroxylation is 2. The number of benzene rings is 1. The van der Waals surface area contributed by atoms with Gasteiger partial charge in [-0.2, -0.15) is 5.10 Å².